The molecule has 1 fully saturated rings. The normalized spacial score (nSPS) is 28.1. The zero-order valence-corrected chi connectivity index (χ0v) is 11.2. The SMILES string of the molecule is CCC1CC1(CNC)c1c(Cl)cccc1Cl. The van der Waals surface area contributed by atoms with E-state index in [1.807, 2.05) is 25.2 Å². The Morgan fingerprint density at radius 1 is 1.38 bits per heavy atom. The predicted octanol–water partition coefficient (Wildman–Crippen LogP) is 3.88. The van der Waals surface area contributed by atoms with Crippen LogP contribution in [0.25, 0.3) is 0 Å². The van der Waals surface area contributed by atoms with E-state index >= 15 is 0 Å². The van der Waals surface area contributed by atoms with Gasteiger partial charge in [-0.25, -0.2) is 0 Å². The van der Waals surface area contributed by atoms with Gasteiger partial charge in [-0.3, -0.25) is 0 Å². The second-order valence-corrected chi connectivity index (χ2v) is 5.41. The molecule has 0 saturated heterocycles. The summed E-state index contributed by atoms with van der Waals surface area (Å²) in [6, 6.07) is 5.78. The summed E-state index contributed by atoms with van der Waals surface area (Å²) >= 11 is 12.6. The van der Waals surface area contributed by atoms with Gasteiger partial charge in [0.1, 0.15) is 0 Å². The summed E-state index contributed by atoms with van der Waals surface area (Å²) in [5, 5.41) is 4.88. The molecule has 88 valence electrons. The van der Waals surface area contributed by atoms with Gasteiger partial charge >= 0.3 is 0 Å². The first kappa shape index (κ1) is 12.2. The lowest BCUT2D eigenvalue weighted by Gasteiger charge is -2.20. The maximum Gasteiger partial charge on any atom is 0.0459 e. The number of likely N-dealkylation sites (N-methyl/N-ethyl adjacent to an activating group) is 1. The molecule has 3 heteroatoms. The van der Waals surface area contributed by atoms with Crippen LogP contribution in [-0.4, -0.2) is 13.6 Å². The summed E-state index contributed by atoms with van der Waals surface area (Å²) in [5.74, 6) is 0.706. The van der Waals surface area contributed by atoms with Gasteiger partial charge in [0.05, 0.1) is 0 Å². The van der Waals surface area contributed by atoms with Gasteiger partial charge in [-0.05, 0) is 37.1 Å². The Bertz CT molecular complexity index is 371. The van der Waals surface area contributed by atoms with Gasteiger partial charge in [-0.2, -0.15) is 0 Å². The van der Waals surface area contributed by atoms with Crippen molar-refractivity contribution >= 4 is 23.2 Å². The smallest absolute Gasteiger partial charge is 0.0459 e. The van der Waals surface area contributed by atoms with E-state index in [1.165, 1.54) is 12.8 Å². The molecule has 0 aromatic heterocycles. The minimum Gasteiger partial charge on any atom is -0.319 e. The predicted molar refractivity (Wildman–Crippen MR) is 70.5 cm³/mol. The second kappa shape index (κ2) is 4.56. The first-order chi connectivity index (χ1) is 7.65. The average molecular weight is 258 g/mol. The van der Waals surface area contributed by atoms with Gasteiger partial charge in [0.15, 0.2) is 0 Å². The van der Waals surface area contributed by atoms with Crippen LogP contribution >= 0.6 is 23.2 Å². The highest BCUT2D eigenvalue weighted by molar-refractivity contribution is 6.36. The van der Waals surface area contributed by atoms with Crippen LogP contribution in [0, 0.1) is 5.92 Å². The average Bonchev–Trinajstić information content (AvgIpc) is 2.93. The lowest BCUT2D eigenvalue weighted by atomic mass is 9.92. The fraction of sp³-hybridized carbons (Fsp3) is 0.538. The summed E-state index contributed by atoms with van der Waals surface area (Å²) in [4.78, 5) is 0. The van der Waals surface area contributed by atoms with Gasteiger partial charge in [-0.1, -0.05) is 42.6 Å². The van der Waals surface area contributed by atoms with E-state index in [9.17, 15) is 0 Å². The van der Waals surface area contributed by atoms with E-state index < -0.39 is 0 Å². The zero-order valence-electron chi connectivity index (χ0n) is 9.69. The van der Waals surface area contributed by atoms with E-state index in [2.05, 4.69) is 12.2 Å². The molecular formula is C13H17Cl2N. The summed E-state index contributed by atoms with van der Waals surface area (Å²) in [5.41, 5.74) is 1.30. The van der Waals surface area contributed by atoms with E-state index in [0.717, 1.165) is 22.2 Å². The Balaban J connectivity index is 2.41. The molecule has 0 aliphatic heterocycles. The Morgan fingerprint density at radius 3 is 2.44 bits per heavy atom. The molecule has 2 rings (SSSR count). The Kier molecular flexibility index (Phi) is 3.48. The van der Waals surface area contributed by atoms with Gasteiger partial charge in [0.2, 0.25) is 0 Å². The maximum atomic E-state index is 6.30. The molecule has 0 heterocycles. The molecule has 1 aliphatic rings. The van der Waals surface area contributed by atoms with Crippen LogP contribution in [0.5, 0.6) is 0 Å². The Labute approximate surface area is 107 Å². The lowest BCUT2D eigenvalue weighted by molar-refractivity contribution is 0.554. The second-order valence-electron chi connectivity index (χ2n) is 4.59. The van der Waals surface area contributed by atoms with Crippen molar-refractivity contribution in [2.75, 3.05) is 13.6 Å². The highest BCUT2D eigenvalue weighted by Crippen LogP contribution is 2.58. The van der Waals surface area contributed by atoms with Crippen LogP contribution in [0.15, 0.2) is 18.2 Å². The molecule has 0 radical (unpaired) electrons. The Hall–Kier alpha value is -0.240. The van der Waals surface area contributed by atoms with Crippen molar-refractivity contribution in [2.24, 2.45) is 5.92 Å². The number of rotatable bonds is 4. The highest BCUT2D eigenvalue weighted by atomic mass is 35.5. The van der Waals surface area contributed by atoms with E-state index in [1.54, 1.807) is 0 Å². The molecule has 1 aromatic rings. The molecule has 1 N–H and O–H groups in total. The third-order valence-electron chi connectivity index (χ3n) is 3.68. The van der Waals surface area contributed by atoms with Crippen molar-refractivity contribution in [1.82, 2.24) is 5.32 Å². The Morgan fingerprint density at radius 2 is 2.00 bits per heavy atom. The van der Waals surface area contributed by atoms with Gasteiger partial charge in [0, 0.05) is 22.0 Å². The van der Waals surface area contributed by atoms with Crippen LogP contribution in [0.2, 0.25) is 10.0 Å². The maximum absolute atomic E-state index is 6.30. The van der Waals surface area contributed by atoms with Crippen molar-refractivity contribution in [3.63, 3.8) is 0 Å². The van der Waals surface area contributed by atoms with Crippen molar-refractivity contribution in [2.45, 2.75) is 25.2 Å². The van der Waals surface area contributed by atoms with Crippen LogP contribution in [0.3, 0.4) is 0 Å². The van der Waals surface area contributed by atoms with Crippen molar-refractivity contribution < 1.29 is 0 Å². The number of hydrogen-bond donors (Lipinski definition) is 1. The molecule has 2 atom stereocenters. The van der Waals surface area contributed by atoms with Crippen molar-refractivity contribution in [3.8, 4) is 0 Å². The lowest BCUT2D eigenvalue weighted by Crippen LogP contribution is -2.26. The number of benzene rings is 1. The van der Waals surface area contributed by atoms with Crippen LogP contribution in [0.4, 0.5) is 0 Å². The number of halogens is 2. The fourth-order valence-electron chi connectivity index (χ4n) is 2.82. The topological polar surface area (TPSA) is 12.0 Å². The molecule has 0 amide bonds. The van der Waals surface area contributed by atoms with Crippen LogP contribution in [-0.2, 0) is 5.41 Å². The zero-order chi connectivity index (χ0) is 11.8. The first-order valence-electron chi connectivity index (χ1n) is 5.74. The number of nitrogens with one attached hydrogen (secondary N) is 1. The molecule has 16 heavy (non-hydrogen) atoms. The quantitative estimate of drug-likeness (QED) is 0.864. The van der Waals surface area contributed by atoms with Gasteiger partial charge in [-0.15, -0.1) is 0 Å². The summed E-state index contributed by atoms with van der Waals surface area (Å²) in [7, 11) is 1.98. The van der Waals surface area contributed by atoms with Crippen molar-refractivity contribution in [1.29, 1.82) is 0 Å². The molecule has 1 aliphatic carbocycles. The summed E-state index contributed by atoms with van der Waals surface area (Å²) in [6.07, 6.45) is 2.37. The molecule has 0 bridgehead atoms. The molecule has 2 unspecified atom stereocenters. The summed E-state index contributed by atoms with van der Waals surface area (Å²) in [6.45, 7) is 3.18. The molecule has 1 nitrogen and oxygen atoms in total. The molecule has 1 saturated carbocycles. The largest absolute Gasteiger partial charge is 0.319 e. The van der Waals surface area contributed by atoms with Crippen LogP contribution in [0.1, 0.15) is 25.3 Å². The number of hydrogen-bond acceptors (Lipinski definition) is 1. The van der Waals surface area contributed by atoms with E-state index in [0.29, 0.717) is 5.92 Å². The minimum absolute atomic E-state index is 0.166. The highest BCUT2D eigenvalue weighted by Gasteiger charge is 2.55. The van der Waals surface area contributed by atoms with Crippen molar-refractivity contribution in [3.05, 3.63) is 33.8 Å². The van der Waals surface area contributed by atoms with E-state index in [4.69, 9.17) is 23.2 Å². The minimum atomic E-state index is 0.166. The third kappa shape index (κ3) is 1.85. The van der Waals surface area contributed by atoms with Crippen LogP contribution < -0.4 is 5.32 Å². The van der Waals surface area contributed by atoms with E-state index in [-0.39, 0.29) is 5.41 Å². The monoisotopic (exact) mass is 257 g/mol. The fourth-order valence-corrected chi connectivity index (χ4v) is 3.59. The standard InChI is InChI=1S/C13H17Cl2N/c1-3-9-7-13(9,8-16-2)12-10(14)5-4-6-11(12)15/h4-6,9,16H,3,7-8H2,1-2H3. The molecule has 0 spiro atoms. The first-order valence-corrected chi connectivity index (χ1v) is 6.50. The van der Waals surface area contributed by atoms with Gasteiger partial charge in [0.25, 0.3) is 0 Å². The molecular weight excluding hydrogens is 241 g/mol. The molecule has 1 aromatic carbocycles. The third-order valence-corrected chi connectivity index (χ3v) is 4.31. The van der Waals surface area contributed by atoms with Gasteiger partial charge < -0.3 is 5.32 Å². The summed E-state index contributed by atoms with van der Waals surface area (Å²) < 4.78 is 0.